The molecule has 1 aliphatic carbocycles. The first-order valence-corrected chi connectivity index (χ1v) is 7.73. The van der Waals surface area contributed by atoms with E-state index in [9.17, 15) is 14.0 Å². The van der Waals surface area contributed by atoms with Crippen molar-refractivity contribution in [3.05, 3.63) is 47.8 Å². The molecular formula is C18H21FO4. The van der Waals surface area contributed by atoms with E-state index in [-0.39, 0.29) is 37.8 Å². The maximum atomic E-state index is 13.5. The Labute approximate surface area is 135 Å². The van der Waals surface area contributed by atoms with Gasteiger partial charge in [-0.3, -0.25) is 9.59 Å². The molecule has 0 saturated carbocycles. The van der Waals surface area contributed by atoms with Crippen LogP contribution in [0, 0.1) is 11.2 Å². The molecule has 23 heavy (non-hydrogen) atoms. The lowest BCUT2D eigenvalue weighted by Crippen LogP contribution is -2.47. The molecule has 1 aromatic rings. The summed E-state index contributed by atoms with van der Waals surface area (Å²) >= 11 is 0. The Balaban J connectivity index is 2.52. The van der Waals surface area contributed by atoms with Gasteiger partial charge in [-0.2, -0.15) is 0 Å². The highest BCUT2D eigenvalue weighted by molar-refractivity contribution is 6.01. The van der Waals surface area contributed by atoms with Crippen molar-refractivity contribution in [3.8, 4) is 0 Å². The number of hydrogen-bond acceptors (Lipinski definition) is 4. The molecule has 1 unspecified atom stereocenters. The Morgan fingerprint density at radius 3 is 2.43 bits per heavy atom. The molecule has 0 bridgehead atoms. The molecule has 2 rings (SSSR count). The van der Waals surface area contributed by atoms with Crippen molar-refractivity contribution in [2.75, 3.05) is 13.2 Å². The molecule has 1 aliphatic rings. The fourth-order valence-electron chi connectivity index (χ4n) is 3.10. The van der Waals surface area contributed by atoms with Gasteiger partial charge in [-0.05, 0) is 49.9 Å². The monoisotopic (exact) mass is 320 g/mol. The molecular weight excluding hydrogens is 299 g/mol. The van der Waals surface area contributed by atoms with E-state index in [1.807, 2.05) is 0 Å². The zero-order chi connectivity index (χ0) is 17.0. The van der Waals surface area contributed by atoms with E-state index in [0.29, 0.717) is 0 Å². The Morgan fingerprint density at radius 2 is 1.91 bits per heavy atom. The number of allylic oxidation sites excluding steroid dienone is 1. The normalized spacial score (nSPS) is 18.7. The zero-order valence-electron chi connectivity index (χ0n) is 13.4. The maximum Gasteiger partial charge on any atom is 0.323 e. The van der Waals surface area contributed by atoms with Crippen LogP contribution in [0.2, 0.25) is 0 Å². The molecule has 1 atom stereocenters. The fourth-order valence-corrected chi connectivity index (χ4v) is 3.10. The largest absolute Gasteiger partial charge is 0.465 e. The van der Waals surface area contributed by atoms with Gasteiger partial charge in [0.15, 0.2) is 5.41 Å². The molecule has 0 amide bonds. The van der Waals surface area contributed by atoms with Gasteiger partial charge in [-0.15, -0.1) is 6.58 Å². The molecule has 0 aliphatic heterocycles. The Bertz CT molecular complexity index is 605. The Kier molecular flexibility index (Phi) is 5.19. The minimum Gasteiger partial charge on any atom is -0.465 e. The first-order chi connectivity index (χ1) is 11.0. The van der Waals surface area contributed by atoms with Crippen LogP contribution >= 0.6 is 0 Å². The number of fused-ring (bicyclic) bond motifs is 1. The topological polar surface area (TPSA) is 52.6 Å². The number of benzene rings is 1. The van der Waals surface area contributed by atoms with Crippen molar-refractivity contribution >= 4 is 11.9 Å². The minimum atomic E-state index is -1.41. The highest BCUT2D eigenvalue weighted by Crippen LogP contribution is 2.45. The molecule has 124 valence electrons. The molecule has 5 heteroatoms. The summed E-state index contributed by atoms with van der Waals surface area (Å²) in [5.74, 6) is -1.86. The SMILES string of the molecule is C=CC1CC(C(=O)OCC)(C(=O)OCC)Cc2ccc(F)cc21. The van der Waals surface area contributed by atoms with E-state index in [1.54, 1.807) is 26.0 Å². The highest BCUT2D eigenvalue weighted by Gasteiger charge is 2.52. The average Bonchev–Trinajstić information content (AvgIpc) is 2.54. The summed E-state index contributed by atoms with van der Waals surface area (Å²) in [5.41, 5.74) is 0.0864. The van der Waals surface area contributed by atoms with Crippen LogP contribution in [0.4, 0.5) is 4.39 Å². The van der Waals surface area contributed by atoms with Crippen LogP contribution < -0.4 is 0 Å². The van der Waals surface area contributed by atoms with Gasteiger partial charge in [0.05, 0.1) is 13.2 Å². The zero-order valence-corrected chi connectivity index (χ0v) is 13.4. The third-order valence-corrected chi connectivity index (χ3v) is 4.18. The predicted molar refractivity (Wildman–Crippen MR) is 83.4 cm³/mol. The second-order valence-corrected chi connectivity index (χ2v) is 5.59. The van der Waals surface area contributed by atoms with E-state index in [1.165, 1.54) is 12.1 Å². The third-order valence-electron chi connectivity index (χ3n) is 4.18. The Hall–Kier alpha value is -2.17. The lowest BCUT2D eigenvalue weighted by Gasteiger charge is -2.37. The molecule has 0 saturated heterocycles. The third kappa shape index (κ3) is 3.14. The predicted octanol–water partition coefficient (Wildman–Crippen LogP) is 3.15. The number of ether oxygens (including phenoxy) is 2. The van der Waals surface area contributed by atoms with Gasteiger partial charge in [0, 0.05) is 5.92 Å². The van der Waals surface area contributed by atoms with Crippen molar-refractivity contribution in [2.45, 2.75) is 32.6 Å². The fraction of sp³-hybridized carbons (Fsp3) is 0.444. The van der Waals surface area contributed by atoms with E-state index < -0.39 is 17.4 Å². The van der Waals surface area contributed by atoms with Crippen LogP contribution in [0.15, 0.2) is 30.9 Å². The van der Waals surface area contributed by atoms with Gasteiger partial charge in [-0.1, -0.05) is 12.1 Å². The van der Waals surface area contributed by atoms with Gasteiger partial charge in [-0.25, -0.2) is 4.39 Å². The van der Waals surface area contributed by atoms with Crippen LogP contribution in [0.1, 0.15) is 37.3 Å². The van der Waals surface area contributed by atoms with Crippen LogP contribution in [0.5, 0.6) is 0 Å². The van der Waals surface area contributed by atoms with Crippen molar-refractivity contribution in [1.29, 1.82) is 0 Å². The first kappa shape index (κ1) is 17.2. The summed E-state index contributed by atoms with van der Waals surface area (Å²) in [6, 6.07) is 4.36. The van der Waals surface area contributed by atoms with Crippen LogP contribution in [-0.4, -0.2) is 25.2 Å². The summed E-state index contributed by atoms with van der Waals surface area (Å²) in [6.07, 6.45) is 1.94. The first-order valence-electron chi connectivity index (χ1n) is 7.73. The van der Waals surface area contributed by atoms with Crippen LogP contribution in [0.25, 0.3) is 0 Å². The van der Waals surface area contributed by atoms with E-state index in [4.69, 9.17) is 9.47 Å². The quantitative estimate of drug-likeness (QED) is 0.475. The summed E-state index contributed by atoms with van der Waals surface area (Å²) in [5, 5.41) is 0. The summed E-state index contributed by atoms with van der Waals surface area (Å²) in [6.45, 7) is 7.49. The lowest BCUT2D eigenvalue weighted by atomic mass is 9.67. The smallest absolute Gasteiger partial charge is 0.323 e. The molecule has 0 fully saturated rings. The summed E-state index contributed by atoms with van der Waals surface area (Å²) < 4.78 is 23.8. The summed E-state index contributed by atoms with van der Waals surface area (Å²) in [4.78, 5) is 25.1. The number of rotatable bonds is 5. The maximum absolute atomic E-state index is 13.5. The van der Waals surface area contributed by atoms with Crippen molar-refractivity contribution < 1.29 is 23.5 Å². The number of hydrogen-bond donors (Lipinski definition) is 0. The minimum absolute atomic E-state index is 0.143. The number of carbonyl (C=O) groups excluding carboxylic acids is 2. The standard InChI is InChI=1S/C18H21FO4/c1-4-12-10-18(16(20)22-5-2,17(21)23-6-3)11-13-7-8-14(19)9-15(12)13/h4,7-9,12H,1,5-6,10-11H2,2-3H3. The molecule has 0 N–H and O–H groups in total. The number of esters is 2. The van der Waals surface area contributed by atoms with Crippen molar-refractivity contribution in [3.63, 3.8) is 0 Å². The summed E-state index contributed by atoms with van der Waals surface area (Å²) in [7, 11) is 0. The highest BCUT2D eigenvalue weighted by atomic mass is 19.1. The average molecular weight is 320 g/mol. The van der Waals surface area contributed by atoms with Crippen LogP contribution in [-0.2, 0) is 25.5 Å². The van der Waals surface area contributed by atoms with Crippen molar-refractivity contribution in [1.82, 2.24) is 0 Å². The van der Waals surface area contributed by atoms with Gasteiger partial charge in [0.25, 0.3) is 0 Å². The second-order valence-electron chi connectivity index (χ2n) is 5.59. The van der Waals surface area contributed by atoms with Gasteiger partial charge in [0.1, 0.15) is 5.82 Å². The van der Waals surface area contributed by atoms with Gasteiger partial charge >= 0.3 is 11.9 Å². The molecule has 4 nitrogen and oxygen atoms in total. The molecule has 0 aromatic heterocycles. The number of carbonyl (C=O) groups is 2. The van der Waals surface area contributed by atoms with Crippen LogP contribution in [0.3, 0.4) is 0 Å². The number of halogens is 1. The van der Waals surface area contributed by atoms with Gasteiger partial charge < -0.3 is 9.47 Å². The molecule has 0 radical (unpaired) electrons. The van der Waals surface area contributed by atoms with Gasteiger partial charge in [0.2, 0.25) is 0 Å². The van der Waals surface area contributed by atoms with E-state index in [2.05, 4.69) is 6.58 Å². The van der Waals surface area contributed by atoms with E-state index >= 15 is 0 Å². The Morgan fingerprint density at radius 1 is 1.30 bits per heavy atom. The molecule has 0 spiro atoms. The van der Waals surface area contributed by atoms with Crippen molar-refractivity contribution in [2.24, 2.45) is 5.41 Å². The second kappa shape index (κ2) is 6.94. The molecule has 0 heterocycles. The van der Waals surface area contributed by atoms with E-state index in [0.717, 1.165) is 11.1 Å². The molecule has 1 aromatic carbocycles. The lowest BCUT2D eigenvalue weighted by molar-refractivity contribution is -0.173.